The second-order valence-corrected chi connectivity index (χ2v) is 7.14. The van der Waals surface area contributed by atoms with Crippen LogP contribution in [0.25, 0.3) is 0 Å². The summed E-state index contributed by atoms with van der Waals surface area (Å²) in [6, 6.07) is 2.97. The largest absolute Gasteiger partial charge is 0.380 e. The van der Waals surface area contributed by atoms with Crippen LogP contribution in [0.15, 0.2) is 12.1 Å². The van der Waals surface area contributed by atoms with E-state index in [1.54, 1.807) is 0 Å². The molecule has 0 saturated heterocycles. The van der Waals surface area contributed by atoms with Crippen molar-refractivity contribution in [2.75, 3.05) is 5.32 Å². The zero-order valence-electron chi connectivity index (χ0n) is 12.2. The molecule has 0 aromatic heterocycles. The summed E-state index contributed by atoms with van der Waals surface area (Å²) in [7, 11) is 0. The molecule has 1 aromatic rings. The van der Waals surface area contributed by atoms with Crippen LogP contribution in [0.1, 0.15) is 40.0 Å². The number of hydrogen-bond donors (Lipinski definition) is 1. The van der Waals surface area contributed by atoms with E-state index in [0.29, 0.717) is 39.5 Å². The van der Waals surface area contributed by atoms with Gasteiger partial charge in [-0.1, -0.05) is 50.4 Å². The van der Waals surface area contributed by atoms with Crippen molar-refractivity contribution in [3.63, 3.8) is 0 Å². The summed E-state index contributed by atoms with van der Waals surface area (Å²) in [5.41, 5.74) is 0.666. The molecule has 3 unspecified atom stereocenters. The van der Waals surface area contributed by atoms with Crippen LogP contribution in [0.4, 0.5) is 10.1 Å². The van der Waals surface area contributed by atoms with Gasteiger partial charge >= 0.3 is 0 Å². The second kappa shape index (κ2) is 6.53. The highest BCUT2D eigenvalue weighted by Gasteiger charge is 2.31. The lowest BCUT2D eigenvalue weighted by Gasteiger charge is -2.38. The Kier molecular flexibility index (Phi) is 5.19. The molecule has 0 spiro atoms. The summed E-state index contributed by atoms with van der Waals surface area (Å²) in [5.74, 6) is 1.50. The molecule has 20 heavy (non-hydrogen) atoms. The molecule has 1 saturated carbocycles. The lowest BCUT2D eigenvalue weighted by atomic mass is 9.74. The molecule has 0 amide bonds. The molecule has 1 N–H and O–H groups in total. The van der Waals surface area contributed by atoms with Crippen molar-refractivity contribution < 1.29 is 4.39 Å². The fraction of sp³-hybridized carbons (Fsp3) is 0.625. The first-order valence-electron chi connectivity index (χ1n) is 7.29. The third-order valence-corrected chi connectivity index (χ3v) is 4.96. The Morgan fingerprint density at radius 3 is 2.35 bits per heavy atom. The maximum absolute atomic E-state index is 13.3. The van der Waals surface area contributed by atoms with Crippen LogP contribution in [0.2, 0.25) is 10.0 Å². The lowest BCUT2D eigenvalue weighted by Crippen LogP contribution is -2.38. The minimum Gasteiger partial charge on any atom is -0.380 e. The van der Waals surface area contributed by atoms with Gasteiger partial charge < -0.3 is 5.32 Å². The van der Waals surface area contributed by atoms with E-state index in [0.717, 1.165) is 6.42 Å². The Morgan fingerprint density at radius 1 is 1.20 bits per heavy atom. The molecule has 112 valence electrons. The smallest absolute Gasteiger partial charge is 0.126 e. The molecule has 1 aliphatic carbocycles. The molecular weight excluding hydrogens is 296 g/mol. The van der Waals surface area contributed by atoms with Crippen LogP contribution in [0.5, 0.6) is 0 Å². The first kappa shape index (κ1) is 15.9. The normalized spacial score (nSPS) is 26.9. The minimum atomic E-state index is -0.400. The Bertz CT molecular complexity index is 453. The highest BCUT2D eigenvalue weighted by molar-refractivity contribution is 6.39. The molecule has 1 fully saturated rings. The number of halogens is 3. The first-order valence-corrected chi connectivity index (χ1v) is 8.05. The topological polar surface area (TPSA) is 12.0 Å². The fourth-order valence-electron chi connectivity index (χ4n) is 3.23. The van der Waals surface area contributed by atoms with Gasteiger partial charge in [-0.25, -0.2) is 4.39 Å². The van der Waals surface area contributed by atoms with Crippen LogP contribution in [-0.4, -0.2) is 6.04 Å². The van der Waals surface area contributed by atoms with Crippen LogP contribution in [-0.2, 0) is 0 Å². The van der Waals surface area contributed by atoms with Crippen LogP contribution >= 0.6 is 23.2 Å². The molecule has 1 aromatic carbocycles. The van der Waals surface area contributed by atoms with Crippen LogP contribution < -0.4 is 5.32 Å². The van der Waals surface area contributed by atoms with Crippen molar-refractivity contribution in [3.8, 4) is 0 Å². The molecule has 3 atom stereocenters. The average Bonchev–Trinajstić information content (AvgIpc) is 2.33. The highest BCUT2D eigenvalue weighted by atomic mass is 35.5. The second-order valence-electron chi connectivity index (χ2n) is 6.32. The quantitative estimate of drug-likeness (QED) is 0.720. The number of anilines is 1. The van der Waals surface area contributed by atoms with Crippen LogP contribution in [0, 0.1) is 23.6 Å². The molecule has 1 nitrogen and oxygen atoms in total. The van der Waals surface area contributed by atoms with E-state index in [9.17, 15) is 4.39 Å². The van der Waals surface area contributed by atoms with Gasteiger partial charge in [0.25, 0.3) is 0 Å². The van der Waals surface area contributed by atoms with Gasteiger partial charge in [0.1, 0.15) is 5.82 Å². The molecule has 2 rings (SSSR count). The van der Waals surface area contributed by atoms with Gasteiger partial charge in [-0.3, -0.25) is 0 Å². The summed E-state index contributed by atoms with van der Waals surface area (Å²) in [6.45, 7) is 6.78. The zero-order chi connectivity index (χ0) is 14.9. The molecule has 0 heterocycles. The minimum absolute atomic E-state index is 0.346. The third-order valence-electron chi connectivity index (χ3n) is 4.36. The number of rotatable bonds is 3. The average molecular weight is 318 g/mol. The summed E-state index contributed by atoms with van der Waals surface area (Å²) in [6.07, 6.45) is 3.59. The van der Waals surface area contributed by atoms with Crippen molar-refractivity contribution in [1.82, 2.24) is 0 Å². The van der Waals surface area contributed by atoms with Gasteiger partial charge in [-0.2, -0.15) is 0 Å². The van der Waals surface area contributed by atoms with Gasteiger partial charge in [0.05, 0.1) is 15.7 Å². The van der Waals surface area contributed by atoms with Gasteiger partial charge in [0, 0.05) is 6.04 Å². The number of hydrogen-bond acceptors (Lipinski definition) is 1. The molecule has 0 aliphatic heterocycles. The lowest BCUT2D eigenvalue weighted by molar-refractivity contribution is 0.212. The Morgan fingerprint density at radius 2 is 1.80 bits per heavy atom. The molecule has 0 bridgehead atoms. The Balaban J connectivity index is 2.22. The molecule has 4 heteroatoms. The number of benzene rings is 1. The van der Waals surface area contributed by atoms with Crippen molar-refractivity contribution in [3.05, 3.63) is 28.0 Å². The maximum Gasteiger partial charge on any atom is 0.126 e. The summed E-state index contributed by atoms with van der Waals surface area (Å²) < 4.78 is 13.3. The Labute approximate surface area is 130 Å². The molecule has 1 aliphatic rings. The summed E-state index contributed by atoms with van der Waals surface area (Å²) in [5, 5.41) is 4.19. The molecule has 0 radical (unpaired) electrons. The highest BCUT2D eigenvalue weighted by Crippen LogP contribution is 2.38. The van der Waals surface area contributed by atoms with Crippen molar-refractivity contribution in [2.45, 2.75) is 46.1 Å². The fourth-order valence-corrected chi connectivity index (χ4v) is 3.80. The van der Waals surface area contributed by atoms with Gasteiger partial charge in [0.15, 0.2) is 0 Å². The van der Waals surface area contributed by atoms with E-state index in [4.69, 9.17) is 23.2 Å². The zero-order valence-corrected chi connectivity index (χ0v) is 13.7. The third kappa shape index (κ3) is 3.59. The van der Waals surface area contributed by atoms with Gasteiger partial charge in [0.2, 0.25) is 0 Å². The number of nitrogens with one attached hydrogen (secondary N) is 1. The monoisotopic (exact) mass is 317 g/mol. The predicted molar refractivity (Wildman–Crippen MR) is 85.2 cm³/mol. The van der Waals surface area contributed by atoms with Crippen LogP contribution in [0.3, 0.4) is 0 Å². The van der Waals surface area contributed by atoms with Gasteiger partial charge in [-0.15, -0.1) is 0 Å². The van der Waals surface area contributed by atoms with E-state index >= 15 is 0 Å². The maximum atomic E-state index is 13.3. The van der Waals surface area contributed by atoms with E-state index in [1.165, 1.54) is 25.0 Å². The first-order chi connectivity index (χ1) is 9.38. The van der Waals surface area contributed by atoms with E-state index < -0.39 is 5.82 Å². The van der Waals surface area contributed by atoms with Crippen molar-refractivity contribution >= 4 is 28.9 Å². The summed E-state index contributed by atoms with van der Waals surface area (Å²) in [4.78, 5) is 0. The van der Waals surface area contributed by atoms with Crippen molar-refractivity contribution in [2.24, 2.45) is 17.8 Å². The van der Waals surface area contributed by atoms with Gasteiger partial charge in [-0.05, 0) is 42.7 Å². The predicted octanol–water partition coefficient (Wildman–Crippen LogP) is 6.01. The van der Waals surface area contributed by atoms with E-state index in [1.807, 2.05) is 0 Å². The Hall–Kier alpha value is -0.470. The van der Waals surface area contributed by atoms with E-state index in [2.05, 4.69) is 26.1 Å². The van der Waals surface area contributed by atoms with E-state index in [-0.39, 0.29) is 0 Å². The molecular formula is C16H22Cl2FN. The SMILES string of the molecule is CC1CCC(C(C)C)C(Nc2c(Cl)cc(F)cc2Cl)C1. The standard InChI is InChI=1S/C16H22Cl2FN/c1-9(2)12-5-4-10(3)6-15(12)20-16-13(17)7-11(19)8-14(16)18/h7-10,12,15,20H,4-6H2,1-3H3. The van der Waals surface area contributed by atoms with Crippen molar-refractivity contribution in [1.29, 1.82) is 0 Å². The summed E-state index contributed by atoms with van der Waals surface area (Å²) >= 11 is 12.3.